The number of rotatable bonds is 5. The van der Waals surface area contributed by atoms with Crippen molar-refractivity contribution < 1.29 is 4.74 Å². The van der Waals surface area contributed by atoms with Gasteiger partial charge in [0, 0.05) is 25.7 Å². The van der Waals surface area contributed by atoms with Gasteiger partial charge in [-0.3, -0.25) is 4.90 Å². The van der Waals surface area contributed by atoms with Crippen LogP contribution in [0.3, 0.4) is 0 Å². The number of nitrogens with zero attached hydrogens (tertiary/aromatic N) is 1. The van der Waals surface area contributed by atoms with Crippen LogP contribution in [0.2, 0.25) is 0 Å². The molecule has 0 bridgehead atoms. The predicted molar refractivity (Wildman–Crippen MR) is 59.6 cm³/mol. The number of ether oxygens (including phenoxy) is 1. The van der Waals surface area contributed by atoms with Gasteiger partial charge in [0.2, 0.25) is 0 Å². The molecular weight excluding hydrogens is 176 g/mol. The van der Waals surface area contributed by atoms with Crippen LogP contribution in [0.4, 0.5) is 0 Å². The lowest BCUT2D eigenvalue weighted by molar-refractivity contribution is -0.0304. The second-order valence-corrected chi connectivity index (χ2v) is 4.70. The molecule has 1 N–H and O–H groups in total. The first-order valence-corrected chi connectivity index (χ1v) is 5.61. The summed E-state index contributed by atoms with van der Waals surface area (Å²) in [6, 6.07) is 0.674. The Morgan fingerprint density at radius 2 is 2.21 bits per heavy atom. The van der Waals surface area contributed by atoms with E-state index in [9.17, 15) is 0 Å². The van der Waals surface area contributed by atoms with Crippen LogP contribution in [0.5, 0.6) is 0 Å². The Balaban J connectivity index is 2.31. The summed E-state index contributed by atoms with van der Waals surface area (Å²) in [5.41, 5.74) is -0.00260. The molecule has 0 saturated carbocycles. The van der Waals surface area contributed by atoms with Crippen LogP contribution in [0.25, 0.3) is 0 Å². The van der Waals surface area contributed by atoms with E-state index in [1.165, 1.54) is 13.0 Å². The monoisotopic (exact) mass is 200 g/mol. The number of nitrogens with one attached hydrogen (secondary N) is 1. The van der Waals surface area contributed by atoms with E-state index in [1.54, 1.807) is 0 Å². The highest BCUT2D eigenvalue weighted by atomic mass is 16.5. The molecule has 1 aliphatic rings. The zero-order valence-electron chi connectivity index (χ0n) is 9.97. The molecule has 84 valence electrons. The molecule has 0 aromatic carbocycles. The fourth-order valence-corrected chi connectivity index (χ4v) is 2.19. The van der Waals surface area contributed by atoms with Gasteiger partial charge in [-0.25, -0.2) is 0 Å². The maximum absolute atomic E-state index is 5.70. The van der Waals surface area contributed by atoms with Crippen molar-refractivity contribution in [1.82, 2.24) is 10.2 Å². The molecule has 1 unspecified atom stereocenters. The highest BCUT2D eigenvalue weighted by Gasteiger charge is 2.27. The van der Waals surface area contributed by atoms with Crippen LogP contribution >= 0.6 is 0 Å². The molecule has 0 aromatic rings. The average Bonchev–Trinajstić information content (AvgIpc) is 2.51. The van der Waals surface area contributed by atoms with Gasteiger partial charge in [0.1, 0.15) is 0 Å². The smallest absolute Gasteiger partial charge is 0.0752 e. The fraction of sp³-hybridized carbons (Fsp3) is 1.00. The molecule has 1 rings (SSSR count). The summed E-state index contributed by atoms with van der Waals surface area (Å²) >= 11 is 0. The molecule has 0 amide bonds. The van der Waals surface area contributed by atoms with Crippen LogP contribution in [-0.4, -0.2) is 49.8 Å². The molecule has 0 aliphatic carbocycles. The lowest BCUT2D eigenvalue weighted by Gasteiger charge is -2.30. The summed E-state index contributed by atoms with van der Waals surface area (Å²) in [4.78, 5) is 2.48. The fourth-order valence-electron chi connectivity index (χ4n) is 2.19. The summed E-state index contributed by atoms with van der Waals surface area (Å²) in [7, 11) is 2.04. The average molecular weight is 200 g/mol. The minimum Gasteiger partial charge on any atom is -0.375 e. The largest absolute Gasteiger partial charge is 0.375 e. The van der Waals surface area contributed by atoms with Crippen molar-refractivity contribution in [3.8, 4) is 0 Å². The summed E-state index contributed by atoms with van der Waals surface area (Å²) in [6.07, 6.45) is 1.26. The molecule has 0 spiro atoms. The van der Waals surface area contributed by atoms with Crippen LogP contribution in [0.1, 0.15) is 27.2 Å². The number of likely N-dealkylation sites (tertiary alicyclic amines) is 1. The van der Waals surface area contributed by atoms with Crippen molar-refractivity contribution in [2.45, 2.75) is 38.8 Å². The second kappa shape index (κ2) is 5.10. The van der Waals surface area contributed by atoms with E-state index in [2.05, 4.69) is 31.0 Å². The van der Waals surface area contributed by atoms with Crippen molar-refractivity contribution in [3.63, 3.8) is 0 Å². The van der Waals surface area contributed by atoms with Gasteiger partial charge in [-0.05, 0) is 40.8 Å². The molecule has 1 saturated heterocycles. The molecule has 1 fully saturated rings. The number of likely N-dealkylation sites (N-methyl/N-ethyl adjacent to an activating group) is 1. The molecular formula is C11H24N2O. The number of hydrogen-bond donors (Lipinski definition) is 1. The first-order valence-electron chi connectivity index (χ1n) is 5.61. The molecule has 3 nitrogen and oxygen atoms in total. The van der Waals surface area contributed by atoms with E-state index >= 15 is 0 Å². The van der Waals surface area contributed by atoms with E-state index < -0.39 is 0 Å². The zero-order valence-corrected chi connectivity index (χ0v) is 9.97. The third-order valence-electron chi connectivity index (χ3n) is 2.82. The van der Waals surface area contributed by atoms with Gasteiger partial charge >= 0.3 is 0 Å². The van der Waals surface area contributed by atoms with Crippen LogP contribution in [0, 0.1) is 0 Å². The summed E-state index contributed by atoms with van der Waals surface area (Å²) in [5.74, 6) is 0. The summed E-state index contributed by atoms with van der Waals surface area (Å²) in [5, 5.41) is 3.33. The topological polar surface area (TPSA) is 24.5 Å². The third-order valence-corrected chi connectivity index (χ3v) is 2.82. The highest BCUT2D eigenvalue weighted by Crippen LogP contribution is 2.16. The van der Waals surface area contributed by atoms with Crippen molar-refractivity contribution in [2.24, 2.45) is 0 Å². The van der Waals surface area contributed by atoms with Crippen LogP contribution in [-0.2, 0) is 4.74 Å². The maximum Gasteiger partial charge on any atom is 0.0752 e. The quantitative estimate of drug-likeness (QED) is 0.719. The normalized spacial score (nSPS) is 24.4. The van der Waals surface area contributed by atoms with Gasteiger partial charge in [0.25, 0.3) is 0 Å². The van der Waals surface area contributed by atoms with Crippen molar-refractivity contribution >= 4 is 0 Å². The molecule has 0 radical (unpaired) electrons. The molecule has 1 atom stereocenters. The van der Waals surface area contributed by atoms with Gasteiger partial charge in [-0.15, -0.1) is 0 Å². The minimum absolute atomic E-state index is 0.00260. The SMILES string of the molecule is CCOC(C)(C)CN1CCC(NC)C1. The molecule has 1 heterocycles. The summed E-state index contributed by atoms with van der Waals surface area (Å²) < 4.78 is 5.70. The minimum atomic E-state index is -0.00260. The molecule has 0 aromatic heterocycles. The first-order chi connectivity index (χ1) is 6.57. The van der Waals surface area contributed by atoms with Gasteiger partial charge in [0.05, 0.1) is 5.60 Å². The van der Waals surface area contributed by atoms with Gasteiger partial charge in [-0.2, -0.15) is 0 Å². The molecule has 14 heavy (non-hydrogen) atoms. The van der Waals surface area contributed by atoms with Gasteiger partial charge in [0.15, 0.2) is 0 Å². The Hall–Kier alpha value is -0.120. The van der Waals surface area contributed by atoms with E-state index in [0.29, 0.717) is 6.04 Å². The Morgan fingerprint density at radius 1 is 1.50 bits per heavy atom. The maximum atomic E-state index is 5.70. The Kier molecular flexibility index (Phi) is 4.35. The van der Waals surface area contributed by atoms with E-state index in [0.717, 1.165) is 19.7 Å². The lowest BCUT2D eigenvalue weighted by atomic mass is 10.1. The van der Waals surface area contributed by atoms with E-state index in [-0.39, 0.29) is 5.60 Å². The van der Waals surface area contributed by atoms with Crippen molar-refractivity contribution in [3.05, 3.63) is 0 Å². The Labute approximate surface area is 87.8 Å². The molecule has 1 aliphatic heterocycles. The van der Waals surface area contributed by atoms with Crippen molar-refractivity contribution in [2.75, 3.05) is 33.3 Å². The van der Waals surface area contributed by atoms with E-state index in [4.69, 9.17) is 4.74 Å². The Morgan fingerprint density at radius 3 is 2.71 bits per heavy atom. The lowest BCUT2D eigenvalue weighted by Crippen LogP contribution is -2.41. The third kappa shape index (κ3) is 3.56. The van der Waals surface area contributed by atoms with E-state index in [1.807, 2.05) is 7.05 Å². The van der Waals surface area contributed by atoms with Gasteiger partial charge < -0.3 is 10.1 Å². The van der Waals surface area contributed by atoms with Gasteiger partial charge in [-0.1, -0.05) is 0 Å². The highest BCUT2D eigenvalue weighted by molar-refractivity contribution is 4.84. The first kappa shape index (κ1) is 12.0. The molecule has 3 heteroatoms. The van der Waals surface area contributed by atoms with Crippen LogP contribution in [0.15, 0.2) is 0 Å². The Bertz CT molecular complexity index is 171. The standard InChI is InChI=1S/C11H24N2O/c1-5-14-11(2,3)9-13-7-6-10(8-13)12-4/h10,12H,5-9H2,1-4H3. The zero-order chi connectivity index (χ0) is 10.6. The number of hydrogen-bond acceptors (Lipinski definition) is 3. The summed E-state index contributed by atoms with van der Waals surface area (Å²) in [6.45, 7) is 10.6. The second-order valence-electron chi connectivity index (χ2n) is 4.70. The predicted octanol–water partition coefficient (Wildman–Crippen LogP) is 1.10. The van der Waals surface area contributed by atoms with Crippen LogP contribution < -0.4 is 5.32 Å². The van der Waals surface area contributed by atoms with Crippen molar-refractivity contribution in [1.29, 1.82) is 0 Å².